The van der Waals surface area contributed by atoms with Crippen molar-refractivity contribution in [2.75, 3.05) is 19.8 Å². The molecule has 2 N–H and O–H groups in total. The Kier molecular flexibility index (Phi) is 3.51. The molecule has 0 aromatic heterocycles. The van der Waals surface area contributed by atoms with Crippen LogP contribution in [0.4, 0.5) is 0 Å². The van der Waals surface area contributed by atoms with Gasteiger partial charge in [-0.1, -0.05) is 28.1 Å². The molecule has 0 amide bonds. The first-order chi connectivity index (χ1) is 7.74. The van der Waals surface area contributed by atoms with Crippen molar-refractivity contribution >= 4 is 22.0 Å². The summed E-state index contributed by atoms with van der Waals surface area (Å²) < 4.78 is 12.2. The Morgan fingerprint density at radius 3 is 2.94 bits per heavy atom. The van der Waals surface area contributed by atoms with Crippen LogP contribution in [-0.4, -0.2) is 19.8 Å². The minimum Gasteiger partial charge on any atom is -0.486 e. The molecule has 0 unspecified atom stereocenters. The highest BCUT2D eigenvalue weighted by Gasteiger charge is 2.18. The molecular formula is C12H14BrNO2. The van der Waals surface area contributed by atoms with E-state index in [-0.39, 0.29) is 0 Å². The molecule has 0 bridgehead atoms. The van der Waals surface area contributed by atoms with Crippen molar-refractivity contribution in [3.63, 3.8) is 0 Å². The second-order valence-corrected chi connectivity index (χ2v) is 4.41. The van der Waals surface area contributed by atoms with Gasteiger partial charge in [-0.15, -0.1) is 0 Å². The first kappa shape index (κ1) is 11.5. The minimum absolute atomic E-state index is 0.515. The van der Waals surface area contributed by atoms with Gasteiger partial charge in [-0.05, 0) is 18.6 Å². The van der Waals surface area contributed by atoms with E-state index in [4.69, 9.17) is 15.2 Å². The predicted molar refractivity (Wildman–Crippen MR) is 68.0 cm³/mol. The van der Waals surface area contributed by atoms with Gasteiger partial charge in [-0.2, -0.15) is 0 Å². The molecule has 4 heteroatoms. The molecule has 16 heavy (non-hydrogen) atoms. The van der Waals surface area contributed by atoms with E-state index < -0.39 is 0 Å². The Balaban J connectivity index is 2.54. The third-order valence-corrected chi connectivity index (χ3v) is 3.32. The SMILES string of the molecule is Cc1c(Br)cc2c(c1/C=C/CN)OCCO2. The van der Waals surface area contributed by atoms with Crippen LogP contribution in [0, 0.1) is 6.92 Å². The van der Waals surface area contributed by atoms with Crippen molar-refractivity contribution < 1.29 is 9.47 Å². The smallest absolute Gasteiger partial charge is 0.168 e. The summed E-state index contributed by atoms with van der Waals surface area (Å²) in [7, 11) is 0. The number of hydrogen-bond acceptors (Lipinski definition) is 3. The van der Waals surface area contributed by atoms with Gasteiger partial charge in [0.2, 0.25) is 0 Å². The second-order valence-electron chi connectivity index (χ2n) is 3.56. The summed E-state index contributed by atoms with van der Waals surface area (Å²) >= 11 is 3.52. The Bertz CT molecular complexity index is 430. The van der Waals surface area contributed by atoms with Gasteiger partial charge >= 0.3 is 0 Å². The van der Waals surface area contributed by atoms with Gasteiger partial charge < -0.3 is 15.2 Å². The van der Waals surface area contributed by atoms with E-state index in [0.717, 1.165) is 27.1 Å². The van der Waals surface area contributed by atoms with Crippen LogP contribution in [0.25, 0.3) is 6.08 Å². The zero-order chi connectivity index (χ0) is 11.5. The standard InChI is InChI=1S/C12H14BrNO2/c1-8-9(3-2-4-14)12-11(7-10(8)13)15-5-6-16-12/h2-3,7H,4-6,14H2,1H3/b3-2+. The van der Waals surface area contributed by atoms with Crippen LogP contribution in [0.3, 0.4) is 0 Å². The molecule has 2 rings (SSSR count). The van der Waals surface area contributed by atoms with E-state index in [0.29, 0.717) is 19.8 Å². The first-order valence-electron chi connectivity index (χ1n) is 5.19. The lowest BCUT2D eigenvalue weighted by atomic mass is 10.1. The largest absolute Gasteiger partial charge is 0.486 e. The fourth-order valence-corrected chi connectivity index (χ4v) is 2.08. The van der Waals surface area contributed by atoms with Gasteiger partial charge in [0.25, 0.3) is 0 Å². The van der Waals surface area contributed by atoms with Gasteiger partial charge in [-0.25, -0.2) is 0 Å². The van der Waals surface area contributed by atoms with Crippen molar-refractivity contribution in [2.45, 2.75) is 6.92 Å². The van der Waals surface area contributed by atoms with E-state index in [1.165, 1.54) is 0 Å². The molecule has 1 heterocycles. The summed E-state index contributed by atoms with van der Waals surface area (Å²) in [5, 5.41) is 0. The van der Waals surface area contributed by atoms with Crippen LogP contribution < -0.4 is 15.2 Å². The Morgan fingerprint density at radius 1 is 1.44 bits per heavy atom. The van der Waals surface area contributed by atoms with Crippen LogP contribution in [0.5, 0.6) is 11.5 Å². The highest BCUT2D eigenvalue weighted by atomic mass is 79.9. The van der Waals surface area contributed by atoms with Crippen LogP contribution in [0.15, 0.2) is 16.6 Å². The molecule has 0 aliphatic carbocycles. The highest BCUT2D eigenvalue weighted by molar-refractivity contribution is 9.10. The number of hydrogen-bond donors (Lipinski definition) is 1. The molecule has 1 aromatic rings. The fourth-order valence-electron chi connectivity index (χ4n) is 1.66. The van der Waals surface area contributed by atoms with Crippen molar-refractivity contribution in [2.24, 2.45) is 5.73 Å². The van der Waals surface area contributed by atoms with Gasteiger partial charge in [-0.3, -0.25) is 0 Å². The zero-order valence-corrected chi connectivity index (χ0v) is 10.7. The molecule has 3 nitrogen and oxygen atoms in total. The summed E-state index contributed by atoms with van der Waals surface area (Å²) in [6.45, 7) is 3.75. The lowest BCUT2D eigenvalue weighted by Gasteiger charge is -2.22. The molecule has 1 aliphatic heterocycles. The van der Waals surface area contributed by atoms with Gasteiger partial charge in [0.1, 0.15) is 13.2 Å². The van der Waals surface area contributed by atoms with E-state index in [2.05, 4.69) is 15.9 Å². The van der Waals surface area contributed by atoms with Crippen LogP contribution in [-0.2, 0) is 0 Å². The molecule has 1 aromatic carbocycles. The molecular weight excluding hydrogens is 270 g/mol. The monoisotopic (exact) mass is 283 g/mol. The lowest BCUT2D eigenvalue weighted by molar-refractivity contribution is 0.171. The molecule has 1 aliphatic rings. The number of halogens is 1. The van der Waals surface area contributed by atoms with E-state index in [1.807, 2.05) is 25.1 Å². The second kappa shape index (κ2) is 4.89. The third kappa shape index (κ3) is 2.08. The first-order valence-corrected chi connectivity index (χ1v) is 5.98. The highest BCUT2D eigenvalue weighted by Crippen LogP contribution is 2.40. The normalized spacial score (nSPS) is 14.4. The number of rotatable bonds is 2. The van der Waals surface area contributed by atoms with Crippen molar-refractivity contribution in [3.05, 3.63) is 27.7 Å². The average Bonchev–Trinajstić information content (AvgIpc) is 2.30. The van der Waals surface area contributed by atoms with Gasteiger partial charge in [0.05, 0.1) is 0 Å². The van der Waals surface area contributed by atoms with Crippen LogP contribution >= 0.6 is 15.9 Å². The number of fused-ring (bicyclic) bond motifs is 1. The lowest BCUT2D eigenvalue weighted by Crippen LogP contribution is -2.16. The maximum atomic E-state index is 5.65. The average molecular weight is 284 g/mol. The summed E-state index contributed by atoms with van der Waals surface area (Å²) in [6.07, 6.45) is 3.89. The maximum absolute atomic E-state index is 5.65. The Labute approximate surface area is 103 Å². The molecule has 0 radical (unpaired) electrons. The Morgan fingerprint density at radius 2 is 2.19 bits per heavy atom. The van der Waals surface area contributed by atoms with E-state index >= 15 is 0 Å². The van der Waals surface area contributed by atoms with E-state index in [1.54, 1.807) is 0 Å². The fraction of sp³-hybridized carbons (Fsp3) is 0.333. The third-order valence-electron chi connectivity index (χ3n) is 2.50. The molecule has 0 saturated carbocycles. The minimum atomic E-state index is 0.515. The predicted octanol–water partition coefficient (Wildman–Crippen LogP) is 2.50. The van der Waals surface area contributed by atoms with Crippen LogP contribution in [0.2, 0.25) is 0 Å². The Hall–Kier alpha value is -1.00. The maximum Gasteiger partial charge on any atom is 0.168 e. The summed E-state index contributed by atoms with van der Waals surface area (Å²) in [4.78, 5) is 0. The topological polar surface area (TPSA) is 44.5 Å². The summed E-state index contributed by atoms with van der Waals surface area (Å²) in [5.74, 6) is 1.61. The molecule has 0 spiro atoms. The van der Waals surface area contributed by atoms with Gasteiger partial charge in [0.15, 0.2) is 11.5 Å². The molecule has 86 valence electrons. The van der Waals surface area contributed by atoms with Crippen LogP contribution in [0.1, 0.15) is 11.1 Å². The van der Waals surface area contributed by atoms with E-state index in [9.17, 15) is 0 Å². The number of ether oxygens (including phenoxy) is 2. The number of benzene rings is 1. The summed E-state index contributed by atoms with van der Waals surface area (Å²) in [5.41, 5.74) is 7.64. The summed E-state index contributed by atoms with van der Waals surface area (Å²) in [6, 6.07) is 1.95. The van der Waals surface area contributed by atoms with Crippen molar-refractivity contribution in [3.8, 4) is 11.5 Å². The zero-order valence-electron chi connectivity index (χ0n) is 9.13. The van der Waals surface area contributed by atoms with Crippen molar-refractivity contribution in [1.82, 2.24) is 0 Å². The quantitative estimate of drug-likeness (QED) is 0.907. The van der Waals surface area contributed by atoms with Gasteiger partial charge in [0, 0.05) is 16.6 Å². The molecule has 0 fully saturated rings. The number of nitrogens with two attached hydrogens (primary N) is 1. The molecule has 0 saturated heterocycles. The molecule has 0 atom stereocenters. The van der Waals surface area contributed by atoms with Crippen molar-refractivity contribution in [1.29, 1.82) is 0 Å².